The fourth-order valence-corrected chi connectivity index (χ4v) is 3.26. The first-order valence-electron chi connectivity index (χ1n) is 6.43. The van der Waals surface area contributed by atoms with Crippen molar-refractivity contribution in [3.8, 4) is 0 Å². The lowest BCUT2D eigenvalue weighted by atomic mass is 9.92. The van der Waals surface area contributed by atoms with Crippen LogP contribution in [0.15, 0.2) is 18.6 Å². The molecular formula is C13H17N3O. The third-order valence-corrected chi connectivity index (χ3v) is 4.04. The molecule has 3 rings (SSSR count). The number of carbonyl (C=O) groups excluding carboxylic acids is 1. The maximum atomic E-state index is 12.4. The molecule has 1 aromatic heterocycles. The number of hydrogen-bond acceptors (Lipinski definition) is 3. The van der Waals surface area contributed by atoms with Crippen molar-refractivity contribution in [3.05, 3.63) is 24.3 Å². The molecule has 1 saturated carbocycles. The number of carbonyl (C=O) groups is 1. The van der Waals surface area contributed by atoms with E-state index >= 15 is 0 Å². The summed E-state index contributed by atoms with van der Waals surface area (Å²) in [7, 11) is 0. The molecule has 2 fully saturated rings. The van der Waals surface area contributed by atoms with Gasteiger partial charge in [-0.15, -0.1) is 0 Å². The fourth-order valence-electron chi connectivity index (χ4n) is 3.26. The normalized spacial score (nSPS) is 27.9. The van der Waals surface area contributed by atoms with Crippen molar-refractivity contribution in [2.24, 2.45) is 5.92 Å². The lowest BCUT2D eigenvalue weighted by Crippen LogP contribution is -2.46. The van der Waals surface area contributed by atoms with E-state index < -0.39 is 0 Å². The third kappa shape index (κ3) is 1.92. The van der Waals surface area contributed by atoms with Crippen LogP contribution < -0.4 is 0 Å². The second-order valence-electron chi connectivity index (χ2n) is 4.99. The van der Waals surface area contributed by atoms with Crippen LogP contribution in [0.5, 0.6) is 0 Å². The lowest BCUT2D eigenvalue weighted by Gasteiger charge is -2.37. The van der Waals surface area contributed by atoms with Crippen molar-refractivity contribution in [2.45, 2.75) is 38.1 Å². The SMILES string of the molecule is O=C(c1cnccn1)N1CCCC2CCCC21. The summed E-state index contributed by atoms with van der Waals surface area (Å²) >= 11 is 0. The highest BCUT2D eigenvalue weighted by Gasteiger charge is 2.37. The largest absolute Gasteiger partial charge is 0.334 e. The number of likely N-dealkylation sites (tertiary alicyclic amines) is 1. The molecule has 0 aromatic carbocycles. The van der Waals surface area contributed by atoms with Gasteiger partial charge >= 0.3 is 0 Å². The van der Waals surface area contributed by atoms with E-state index in [1.54, 1.807) is 18.6 Å². The van der Waals surface area contributed by atoms with Crippen LogP contribution in [0, 0.1) is 5.92 Å². The first-order valence-corrected chi connectivity index (χ1v) is 6.43. The summed E-state index contributed by atoms with van der Waals surface area (Å²) in [6, 6.07) is 0.457. The molecule has 4 nitrogen and oxygen atoms in total. The molecular weight excluding hydrogens is 214 g/mol. The summed E-state index contributed by atoms with van der Waals surface area (Å²) in [6.45, 7) is 0.885. The summed E-state index contributed by atoms with van der Waals surface area (Å²) in [5.41, 5.74) is 0.486. The van der Waals surface area contributed by atoms with Crippen LogP contribution in [-0.4, -0.2) is 33.4 Å². The minimum Gasteiger partial charge on any atom is -0.334 e. The molecule has 2 unspecified atom stereocenters. The number of amides is 1. The zero-order valence-electron chi connectivity index (χ0n) is 9.88. The van der Waals surface area contributed by atoms with Gasteiger partial charge in [-0.2, -0.15) is 0 Å². The molecule has 1 aliphatic carbocycles. The standard InChI is InChI=1S/C13H17N3O/c17-13(11-9-14-6-7-15-11)16-8-2-4-10-3-1-5-12(10)16/h6-7,9-10,12H,1-5,8H2. The molecule has 2 aliphatic rings. The van der Waals surface area contributed by atoms with Crippen molar-refractivity contribution in [2.75, 3.05) is 6.54 Å². The Labute approximate surface area is 101 Å². The molecule has 0 spiro atoms. The summed E-state index contributed by atoms with van der Waals surface area (Å²) in [5, 5.41) is 0. The molecule has 0 N–H and O–H groups in total. The maximum absolute atomic E-state index is 12.4. The van der Waals surface area contributed by atoms with Crippen LogP contribution in [0.25, 0.3) is 0 Å². The van der Waals surface area contributed by atoms with Crippen LogP contribution in [0.2, 0.25) is 0 Å². The van der Waals surface area contributed by atoms with E-state index in [-0.39, 0.29) is 5.91 Å². The van der Waals surface area contributed by atoms with Gasteiger partial charge in [0.25, 0.3) is 5.91 Å². The summed E-state index contributed by atoms with van der Waals surface area (Å²) < 4.78 is 0. The second-order valence-corrected chi connectivity index (χ2v) is 4.99. The number of fused-ring (bicyclic) bond motifs is 1. The highest BCUT2D eigenvalue weighted by Crippen LogP contribution is 2.37. The van der Waals surface area contributed by atoms with Crippen molar-refractivity contribution >= 4 is 5.91 Å². The smallest absolute Gasteiger partial charge is 0.274 e. The summed E-state index contributed by atoms with van der Waals surface area (Å²) in [6.07, 6.45) is 10.9. The van der Waals surface area contributed by atoms with E-state index in [1.165, 1.54) is 19.3 Å². The van der Waals surface area contributed by atoms with Gasteiger partial charge in [-0.3, -0.25) is 9.78 Å². The van der Waals surface area contributed by atoms with E-state index in [0.717, 1.165) is 25.3 Å². The van der Waals surface area contributed by atoms with E-state index in [9.17, 15) is 4.79 Å². The van der Waals surface area contributed by atoms with E-state index in [4.69, 9.17) is 0 Å². The Kier molecular flexibility index (Phi) is 2.79. The first kappa shape index (κ1) is 10.7. The van der Waals surface area contributed by atoms with Gasteiger partial charge in [0.05, 0.1) is 6.20 Å². The minimum atomic E-state index is 0.0645. The van der Waals surface area contributed by atoms with Gasteiger partial charge < -0.3 is 4.90 Å². The quantitative estimate of drug-likeness (QED) is 0.741. The molecule has 17 heavy (non-hydrogen) atoms. The predicted octanol–water partition coefficient (Wildman–Crippen LogP) is 1.88. The van der Waals surface area contributed by atoms with E-state index in [0.29, 0.717) is 11.7 Å². The van der Waals surface area contributed by atoms with Crippen LogP contribution in [0.3, 0.4) is 0 Å². The Morgan fingerprint density at radius 1 is 1.24 bits per heavy atom. The van der Waals surface area contributed by atoms with Crippen LogP contribution in [0.4, 0.5) is 0 Å². The van der Waals surface area contributed by atoms with Gasteiger partial charge in [0.15, 0.2) is 0 Å². The number of hydrogen-bond donors (Lipinski definition) is 0. The van der Waals surface area contributed by atoms with Crippen molar-refractivity contribution < 1.29 is 4.79 Å². The average Bonchev–Trinajstić information content (AvgIpc) is 2.87. The van der Waals surface area contributed by atoms with Crippen LogP contribution in [0.1, 0.15) is 42.6 Å². The first-order chi connectivity index (χ1) is 8.36. The Morgan fingerprint density at radius 2 is 2.12 bits per heavy atom. The lowest BCUT2D eigenvalue weighted by molar-refractivity contribution is 0.0542. The Morgan fingerprint density at radius 3 is 2.94 bits per heavy atom. The van der Waals surface area contributed by atoms with Crippen molar-refractivity contribution in [1.29, 1.82) is 0 Å². The minimum absolute atomic E-state index is 0.0645. The van der Waals surface area contributed by atoms with E-state index in [1.807, 2.05) is 4.90 Å². The molecule has 2 heterocycles. The molecule has 2 atom stereocenters. The molecule has 1 aliphatic heterocycles. The average molecular weight is 231 g/mol. The van der Waals surface area contributed by atoms with Gasteiger partial charge in [0, 0.05) is 25.0 Å². The van der Waals surface area contributed by atoms with Gasteiger partial charge in [-0.1, -0.05) is 6.42 Å². The molecule has 0 radical (unpaired) electrons. The number of aromatic nitrogens is 2. The van der Waals surface area contributed by atoms with Gasteiger partial charge in [0.1, 0.15) is 5.69 Å². The van der Waals surface area contributed by atoms with E-state index in [2.05, 4.69) is 9.97 Å². The third-order valence-electron chi connectivity index (χ3n) is 4.04. The molecule has 0 bridgehead atoms. The molecule has 1 aromatic rings. The predicted molar refractivity (Wildman–Crippen MR) is 63.4 cm³/mol. The molecule has 90 valence electrons. The molecule has 1 amide bonds. The zero-order chi connectivity index (χ0) is 11.7. The highest BCUT2D eigenvalue weighted by atomic mass is 16.2. The Hall–Kier alpha value is -1.45. The van der Waals surface area contributed by atoms with Gasteiger partial charge in [-0.25, -0.2) is 4.98 Å². The van der Waals surface area contributed by atoms with Crippen LogP contribution in [-0.2, 0) is 0 Å². The topological polar surface area (TPSA) is 46.1 Å². The second kappa shape index (κ2) is 4.43. The monoisotopic (exact) mass is 231 g/mol. The maximum Gasteiger partial charge on any atom is 0.274 e. The van der Waals surface area contributed by atoms with Crippen molar-refractivity contribution in [3.63, 3.8) is 0 Å². The van der Waals surface area contributed by atoms with Gasteiger partial charge in [-0.05, 0) is 31.6 Å². The number of nitrogens with zero attached hydrogens (tertiary/aromatic N) is 3. The number of rotatable bonds is 1. The molecule has 1 saturated heterocycles. The highest BCUT2D eigenvalue weighted by molar-refractivity contribution is 5.92. The fraction of sp³-hybridized carbons (Fsp3) is 0.615. The molecule has 4 heteroatoms. The Bertz CT molecular complexity index is 406. The summed E-state index contributed by atoms with van der Waals surface area (Å²) in [5.74, 6) is 0.791. The van der Waals surface area contributed by atoms with Crippen molar-refractivity contribution in [1.82, 2.24) is 14.9 Å². The summed E-state index contributed by atoms with van der Waals surface area (Å²) in [4.78, 5) is 22.5. The Balaban J connectivity index is 1.81. The zero-order valence-corrected chi connectivity index (χ0v) is 9.88. The number of piperidine rings is 1. The van der Waals surface area contributed by atoms with Crippen LogP contribution >= 0.6 is 0 Å². The van der Waals surface area contributed by atoms with Gasteiger partial charge in [0.2, 0.25) is 0 Å².